The Bertz CT molecular complexity index is 1000. The molecule has 1 aliphatic heterocycles. The van der Waals surface area contributed by atoms with Crippen LogP contribution in [0.3, 0.4) is 0 Å². The quantitative estimate of drug-likeness (QED) is 0.528. The zero-order valence-electron chi connectivity index (χ0n) is 20.1. The first-order valence-corrected chi connectivity index (χ1v) is 12.6. The third kappa shape index (κ3) is 3.38. The number of ketones is 1. The zero-order chi connectivity index (χ0) is 24.5. The predicted molar refractivity (Wildman–Crippen MR) is 124 cm³/mol. The number of rotatable bonds is 3. The van der Waals surface area contributed by atoms with E-state index in [0.717, 1.165) is 32.1 Å². The molecule has 1 aromatic rings. The van der Waals surface area contributed by atoms with Gasteiger partial charge in [0.05, 0.1) is 0 Å². The van der Waals surface area contributed by atoms with Crippen LogP contribution in [0.4, 0.5) is 13.2 Å². The number of hydrogen-bond donors (Lipinski definition) is 0. The Labute approximate surface area is 199 Å². The van der Waals surface area contributed by atoms with Gasteiger partial charge in [-0.05, 0) is 73.3 Å². The number of nitrogens with zero attached hydrogens (tertiary/aromatic N) is 1. The van der Waals surface area contributed by atoms with Gasteiger partial charge in [-0.3, -0.25) is 9.59 Å². The molecule has 0 spiro atoms. The summed E-state index contributed by atoms with van der Waals surface area (Å²) in [4.78, 5) is 27.8. The Morgan fingerprint density at radius 3 is 2.41 bits per heavy atom. The number of carbonyl (C=O) groups is 2. The van der Waals surface area contributed by atoms with Crippen molar-refractivity contribution in [3.05, 3.63) is 48.0 Å². The van der Waals surface area contributed by atoms with E-state index >= 15 is 0 Å². The Morgan fingerprint density at radius 1 is 1.03 bits per heavy atom. The van der Waals surface area contributed by atoms with Crippen LogP contribution >= 0.6 is 0 Å². The highest BCUT2D eigenvalue weighted by Crippen LogP contribution is 2.66. The second-order valence-electron chi connectivity index (χ2n) is 11.6. The molecular weight excluding hydrogens is 439 g/mol. The number of likely N-dealkylation sites (N-methyl/N-ethyl adjacent to an activating group) is 1. The summed E-state index contributed by atoms with van der Waals surface area (Å²) < 4.78 is 42.5. The number of fused-ring (bicyclic) bond motifs is 5. The van der Waals surface area contributed by atoms with Gasteiger partial charge in [-0.25, -0.2) is 0 Å². The summed E-state index contributed by atoms with van der Waals surface area (Å²) in [6.07, 6.45) is 4.09. The first-order chi connectivity index (χ1) is 16.0. The number of alkyl halides is 3. The maximum absolute atomic E-state index is 14.2. The molecule has 184 valence electrons. The summed E-state index contributed by atoms with van der Waals surface area (Å²) in [5.41, 5.74) is -0.471. The molecule has 3 nitrogen and oxygen atoms in total. The minimum atomic E-state index is -4.60. The first-order valence-electron chi connectivity index (χ1n) is 12.6. The van der Waals surface area contributed by atoms with Gasteiger partial charge in [0, 0.05) is 24.4 Å². The van der Waals surface area contributed by atoms with Crippen molar-refractivity contribution in [1.29, 1.82) is 0 Å². The van der Waals surface area contributed by atoms with Crippen molar-refractivity contribution in [1.82, 2.24) is 4.90 Å². The number of hydrogen-bond acceptors (Lipinski definition) is 2. The average Bonchev–Trinajstić information content (AvgIpc) is 3.14. The lowest BCUT2D eigenvalue weighted by Crippen LogP contribution is -2.59. The summed E-state index contributed by atoms with van der Waals surface area (Å²) >= 11 is 0. The predicted octanol–water partition coefficient (Wildman–Crippen LogP) is 6.16. The molecule has 1 amide bonds. The molecule has 5 rings (SSSR count). The molecule has 4 aliphatic rings. The second-order valence-corrected chi connectivity index (χ2v) is 11.6. The van der Waals surface area contributed by atoms with Crippen LogP contribution in [0.1, 0.15) is 63.9 Å². The fourth-order valence-electron chi connectivity index (χ4n) is 8.57. The lowest BCUT2D eigenvalue weighted by Gasteiger charge is -2.60. The van der Waals surface area contributed by atoms with E-state index in [1.807, 2.05) is 11.9 Å². The smallest absolute Gasteiger partial charge is 0.338 e. The largest absolute Gasteiger partial charge is 0.402 e. The lowest BCUT2D eigenvalue weighted by molar-refractivity contribution is -0.170. The van der Waals surface area contributed by atoms with Crippen LogP contribution in [0.5, 0.6) is 0 Å². The van der Waals surface area contributed by atoms with Gasteiger partial charge in [0.1, 0.15) is 5.92 Å². The first kappa shape index (κ1) is 23.6. The lowest BCUT2D eigenvalue weighted by atomic mass is 9.47. The van der Waals surface area contributed by atoms with E-state index in [4.69, 9.17) is 0 Å². The van der Waals surface area contributed by atoms with Gasteiger partial charge >= 0.3 is 6.18 Å². The summed E-state index contributed by atoms with van der Waals surface area (Å²) in [6.45, 7) is 4.34. The number of benzene rings is 1. The molecule has 0 aromatic heterocycles. The molecule has 1 aromatic carbocycles. The molecule has 0 saturated heterocycles. The van der Waals surface area contributed by atoms with Crippen LogP contribution < -0.4 is 0 Å². The van der Waals surface area contributed by atoms with Gasteiger partial charge in [0.15, 0.2) is 5.78 Å². The molecule has 8 atom stereocenters. The minimum absolute atomic E-state index is 0.0483. The van der Waals surface area contributed by atoms with Crippen LogP contribution in [0.25, 0.3) is 0 Å². The van der Waals surface area contributed by atoms with Crippen LogP contribution in [-0.2, 0) is 9.59 Å². The van der Waals surface area contributed by atoms with E-state index in [1.165, 1.54) is 12.1 Å². The Kier molecular flexibility index (Phi) is 5.53. The number of carbonyl (C=O) groups excluding carboxylic acids is 2. The summed E-state index contributed by atoms with van der Waals surface area (Å²) in [7, 11) is 1.88. The van der Waals surface area contributed by atoms with Crippen molar-refractivity contribution in [2.24, 2.45) is 34.5 Å². The molecule has 6 heteroatoms. The summed E-state index contributed by atoms with van der Waals surface area (Å²) in [6, 6.07) is 7.85. The van der Waals surface area contributed by atoms with Gasteiger partial charge in [0.2, 0.25) is 5.91 Å². The van der Waals surface area contributed by atoms with Crippen molar-refractivity contribution in [3.8, 4) is 0 Å². The maximum Gasteiger partial charge on any atom is 0.402 e. The van der Waals surface area contributed by atoms with Gasteiger partial charge in [-0.15, -0.1) is 0 Å². The normalized spacial score (nSPS) is 40.4. The van der Waals surface area contributed by atoms with Crippen molar-refractivity contribution in [2.75, 3.05) is 7.05 Å². The molecule has 0 radical (unpaired) electrons. The third-order valence-electron chi connectivity index (χ3n) is 10.2. The molecule has 3 aliphatic carbocycles. The highest BCUT2D eigenvalue weighted by atomic mass is 19.4. The standard InChI is InChI=1S/C28H34F3NO2/c1-26-15-13-20-18(9-12-22-27(20,2)16-14-23(33)32(22)3)19(26)10-11-21(26)25(34)24(28(29,30)31)17-7-5-4-6-8-17/h4-8,14,16,18-22,24H,9-13,15H2,1-3H3/t18-,19-,20-,21+,22-,24+,26-,27+/m0/s1. The van der Waals surface area contributed by atoms with Crippen molar-refractivity contribution in [2.45, 2.75) is 70.5 Å². The van der Waals surface area contributed by atoms with Crippen LogP contribution in [0.15, 0.2) is 42.5 Å². The molecular formula is C28H34F3NO2. The molecule has 3 fully saturated rings. The molecule has 0 unspecified atom stereocenters. The molecule has 3 saturated carbocycles. The topological polar surface area (TPSA) is 37.4 Å². The van der Waals surface area contributed by atoms with Gasteiger partial charge < -0.3 is 4.90 Å². The van der Waals surface area contributed by atoms with Crippen LogP contribution in [-0.4, -0.2) is 35.9 Å². The van der Waals surface area contributed by atoms with Gasteiger partial charge in [-0.2, -0.15) is 13.2 Å². The highest BCUT2D eigenvalue weighted by Gasteiger charge is 2.63. The van der Waals surface area contributed by atoms with E-state index in [-0.39, 0.29) is 28.8 Å². The molecule has 34 heavy (non-hydrogen) atoms. The third-order valence-corrected chi connectivity index (χ3v) is 10.2. The fourth-order valence-corrected chi connectivity index (χ4v) is 8.57. The van der Waals surface area contributed by atoms with Gasteiger partial charge in [-0.1, -0.05) is 50.3 Å². The van der Waals surface area contributed by atoms with Crippen LogP contribution in [0, 0.1) is 34.5 Å². The van der Waals surface area contributed by atoms with E-state index in [9.17, 15) is 22.8 Å². The molecule has 0 bridgehead atoms. The van der Waals surface area contributed by atoms with Crippen LogP contribution in [0.2, 0.25) is 0 Å². The van der Waals surface area contributed by atoms with Gasteiger partial charge in [0.25, 0.3) is 0 Å². The number of halogens is 3. The Balaban J connectivity index is 1.44. The SMILES string of the molecule is CN1C(=O)C=C[C@@]2(C)[C@@H]1CC[C@@H]1[C@@H]2CC[C@]2(C)[C@@H](C(=O)[C@@H](c3ccccc3)C(F)(F)F)CC[C@@H]12. The van der Waals surface area contributed by atoms with Crippen molar-refractivity contribution >= 4 is 11.7 Å². The van der Waals surface area contributed by atoms with E-state index in [1.54, 1.807) is 24.3 Å². The minimum Gasteiger partial charge on any atom is -0.338 e. The second kappa shape index (κ2) is 7.96. The van der Waals surface area contributed by atoms with E-state index in [0.29, 0.717) is 18.3 Å². The van der Waals surface area contributed by atoms with E-state index in [2.05, 4.69) is 19.9 Å². The van der Waals surface area contributed by atoms with E-state index < -0.39 is 29.2 Å². The molecule has 1 heterocycles. The highest BCUT2D eigenvalue weighted by molar-refractivity contribution is 5.90. The maximum atomic E-state index is 14.2. The monoisotopic (exact) mass is 473 g/mol. The molecule has 0 N–H and O–H groups in total. The summed E-state index contributed by atoms with van der Waals surface area (Å²) in [5, 5.41) is 0. The van der Waals surface area contributed by atoms with Crippen molar-refractivity contribution < 1.29 is 22.8 Å². The fraction of sp³-hybridized carbons (Fsp3) is 0.643. The number of Topliss-reactive ketones (excluding diaryl/α,β-unsaturated/α-hetero) is 1. The zero-order valence-corrected chi connectivity index (χ0v) is 20.1. The average molecular weight is 474 g/mol. The van der Waals surface area contributed by atoms with Crippen molar-refractivity contribution in [3.63, 3.8) is 0 Å². The Morgan fingerprint density at radius 2 is 1.74 bits per heavy atom. The number of amides is 1. The summed E-state index contributed by atoms with van der Waals surface area (Å²) in [5.74, 6) is -2.21. The Hall–Kier alpha value is -2.11.